The van der Waals surface area contributed by atoms with Gasteiger partial charge in [-0.3, -0.25) is 9.68 Å². The molecule has 29 heteroatoms. The number of anilines is 2. The molecule has 6 heterocycles. The van der Waals surface area contributed by atoms with Gasteiger partial charge in [0.1, 0.15) is 71.6 Å². The zero-order valence-electron chi connectivity index (χ0n) is 59.3. The molecule has 16 rings (SSSR count). The van der Waals surface area contributed by atoms with E-state index in [0.717, 1.165) is 27.6 Å². The largest absolute Gasteiger partial charge is 0.453 e. The molecule has 115 heavy (non-hydrogen) atoms. The van der Waals surface area contributed by atoms with E-state index in [1.54, 1.807) is 131 Å². The van der Waals surface area contributed by atoms with Crippen molar-refractivity contribution in [1.29, 1.82) is 0 Å². The molecule has 3 aliphatic carbocycles. The lowest BCUT2D eigenvalue weighted by atomic mass is 9.92. The summed E-state index contributed by atoms with van der Waals surface area (Å²) in [5, 5.41) is 81.0. The molecule has 15 atom stereocenters. The number of aromatic nitrogens is 9. The van der Waals surface area contributed by atoms with Crippen LogP contribution in [-0.4, -0.2) is 142 Å². The Labute approximate surface area is 692 Å². The Morgan fingerprint density at radius 3 is 1.07 bits per heavy atom. The molecule has 0 saturated heterocycles. The molecule has 0 spiro atoms. The maximum atomic E-state index is 13.4. The summed E-state index contributed by atoms with van der Waals surface area (Å²) in [5.41, 5.74) is 13.9. The molecule has 3 aliphatic rings. The van der Waals surface area contributed by atoms with Gasteiger partial charge in [0.15, 0.2) is 11.6 Å². The number of carbonyl (C=O) groups excluding carboxylic acids is 2. The van der Waals surface area contributed by atoms with Crippen molar-refractivity contribution in [3.8, 4) is 22.3 Å². The number of rotatable bonds is 19. The van der Waals surface area contributed by atoms with Crippen LogP contribution in [0.15, 0.2) is 238 Å². The Hall–Kier alpha value is -9.97. The Balaban J connectivity index is 0.000000197. The predicted molar refractivity (Wildman–Crippen MR) is 450 cm³/mol. The minimum Gasteiger partial charge on any atom is -0.453 e. The van der Waals surface area contributed by atoms with E-state index < -0.39 is 103 Å². The topological polar surface area (TPSA) is 329 Å². The fraction of sp³-hybridized carbons (Fsp3) is 0.279. The third-order valence-corrected chi connectivity index (χ3v) is 21.8. The molecule has 3 fully saturated rings. The van der Waals surface area contributed by atoms with Crippen LogP contribution in [0.25, 0.3) is 55.4 Å². The lowest BCUT2D eigenvalue weighted by Gasteiger charge is -2.27. The average Bonchev–Trinajstić information content (AvgIpc) is 1.62. The van der Waals surface area contributed by atoms with Crippen molar-refractivity contribution in [2.24, 2.45) is 17.8 Å². The summed E-state index contributed by atoms with van der Waals surface area (Å²) in [7, 11) is 2.98. The van der Waals surface area contributed by atoms with Crippen LogP contribution in [0.3, 0.4) is 0 Å². The van der Waals surface area contributed by atoms with Crippen molar-refractivity contribution in [2.45, 2.75) is 122 Å². The van der Waals surface area contributed by atoms with Gasteiger partial charge in [0, 0.05) is 51.4 Å². The SMILES string of the molecule is C.C.C.C.CONc1ncnc2c1ccn2[C@@H]1C[C@H]([C@H](O)c2ccc(Cl)cc2)[C@@H](O)[C@H]1O.CONc1ncnc2c1ccn2[C@@H]1C[C@H]([C@H](OC(=O)c2ccc(-c3ccccc3)cc2)c2ccc(Cl)cc2)[C@@H](O)[C@H]1O.Cl.O=C(O[C@H](c1ccc(Cl)cc1)[C@H]1C[C@@H](n2ccc3c(Cl)ncnc32)[C@H](O)[C@@H]1O)c1ccc(-c2ccccc2)cc1. The molecule has 13 aromatic rings. The standard InChI is InChI=1S/C32H29ClN4O5.C31H25Cl2N3O4.C19H21ClN4O4.4CH4.ClH/c1-41-36-30-24-15-16-37(31(24)35-18-34-30)26-17-25(27(38)28(26)39)29(21-11-13-23(33)14-12-21)42-32(40)22-9-7-20(8-10-22)19-5-3-2-4-6-19;32-22-12-10-20(11-13-22)28(40-31(39)21-8-6-19(7-9-21)18-4-2-1-3-5-18)24-16-25(27(38)26(24)37)36-15-14-23-29(33)34-17-35-30(23)36;1-28-23-18-12-6-7-24(19(12)22-9-21-18)14-8-13(16(26)17(14)27)15(25)10-2-4-11(20)5-3-10;;;;;/h2-16,18,25-29,38-39H,17H2,1H3,(H,34,35,36);1-15,17,24-28,37-38H,16H2;2-7,9,13-17,25-27H,8H2,1H3,(H,21,22,23);4*1H4;1H/t25-,26+,27+,28-,29+;24-,25+,26+,27-,28+;13-,14-,15-,16-,17+;;;;;/m001...../s1. The summed E-state index contributed by atoms with van der Waals surface area (Å²) in [4.78, 5) is 62.2. The van der Waals surface area contributed by atoms with Crippen molar-refractivity contribution in [3.05, 3.63) is 286 Å². The highest BCUT2D eigenvalue weighted by Gasteiger charge is 2.50. The number of ether oxygens (including phenoxy) is 2. The second kappa shape index (κ2) is 39.6. The van der Waals surface area contributed by atoms with Crippen LogP contribution in [0.2, 0.25) is 20.2 Å². The summed E-state index contributed by atoms with van der Waals surface area (Å²) in [6.07, 6.45) is 1.17. The number of aliphatic hydroxyl groups excluding tert-OH is 7. The number of fused-ring (bicyclic) bond motifs is 3. The van der Waals surface area contributed by atoms with Gasteiger partial charge in [-0.15, -0.1) is 12.4 Å². The maximum absolute atomic E-state index is 13.4. The van der Waals surface area contributed by atoms with Gasteiger partial charge in [-0.1, -0.05) is 197 Å². The van der Waals surface area contributed by atoms with Gasteiger partial charge in [0.05, 0.1) is 84.0 Å². The van der Waals surface area contributed by atoms with Crippen LogP contribution in [-0.2, 0) is 19.1 Å². The average molecular weight is 1670 g/mol. The number of hydrogen-bond donors (Lipinski definition) is 9. The van der Waals surface area contributed by atoms with Gasteiger partial charge >= 0.3 is 11.9 Å². The first-order valence-electron chi connectivity index (χ1n) is 35.3. The third-order valence-electron chi connectivity index (χ3n) is 20.8. The van der Waals surface area contributed by atoms with Gasteiger partial charge in [-0.25, -0.2) is 50.5 Å². The zero-order valence-corrected chi connectivity index (χ0v) is 63.2. The van der Waals surface area contributed by atoms with Crippen LogP contribution >= 0.6 is 58.8 Å². The molecule has 0 unspecified atom stereocenters. The summed E-state index contributed by atoms with van der Waals surface area (Å²) in [5.74, 6) is -1.83. The predicted octanol–water partition coefficient (Wildman–Crippen LogP) is 16.9. The van der Waals surface area contributed by atoms with E-state index >= 15 is 0 Å². The minimum atomic E-state index is -1.18. The summed E-state index contributed by atoms with van der Waals surface area (Å²) in [6.45, 7) is 0. The number of nitrogens with zero attached hydrogens (tertiary/aromatic N) is 9. The number of halogens is 5. The Kier molecular flexibility index (Phi) is 30.6. The van der Waals surface area contributed by atoms with E-state index in [1.165, 1.54) is 33.2 Å². The number of benzene rings is 7. The van der Waals surface area contributed by atoms with Gasteiger partial charge in [0.25, 0.3) is 0 Å². The highest BCUT2D eigenvalue weighted by Crippen LogP contribution is 2.49. The highest BCUT2D eigenvalue weighted by molar-refractivity contribution is 6.34. The van der Waals surface area contributed by atoms with Crippen molar-refractivity contribution in [3.63, 3.8) is 0 Å². The number of carbonyl (C=O) groups is 2. The van der Waals surface area contributed by atoms with Crippen LogP contribution in [0, 0.1) is 17.8 Å². The molecule has 604 valence electrons. The molecule has 6 aromatic heterocycles. The number of esters is 2. The molecule has 7 aromatic carbocycles. The number of aliphatic hydroxyl groups is 7. The minimum absolute atomic E-state index is 0. The van der Waals surface area contributed by atoms with Crippen LogP contribution in [0.5, 0.6) is 0 Å². The highest BCUT2D eigenvalue weighted by atomic mass is 35.5. The fourth-order valence-electron chi connectivity index (χ4n) is 15.2. The van der Waals surface area contributed by atoms with E-state index in [4.69, 9.17) is 65.6 Å². The van der Waals surface area contributed by atoms with Crippen LogP contribution in [0.4, 0.5) is 11.6 Å². The van der Waals surface area contributed by atoms with Crippen molar-refractivity contribution in [2.75, 3.05) is 25.2 Å². The Morgan fingerprint density at radius 2 is 0.704 bits per heavy atom. The lowest BCUT2D eigenvalue weighted by molar-refractivity contribution is -0.0394. The number of nitrogens with one attached hydrogen (secondary N) is 2. The molecule has 0 radical (unpaired) electrons. The Bertz CT molecular complexity index is 5310. The third kappa shape index (κ3) is 19.0. The molecular weight excluding hydrogens is 1570 g/mol. The molecule has 9 N–H and O–H groups in total. The maximum Gasteiger partial charge on any atom is 0.338 e. The lowest BCUT2D eigenvalue weighted by Crippen LogP contribution is -2.32. The normalized spacial score (nSPS) is 21.4. The first-order chi connectivity index (χ1) is 53.3. The van der Waals surface area contributed by atoms with Gasteiger partial charge in [-0.2, -0.15) is 0 Å². The van der Waals surface area contributed by atoms with Crippen LogP contribution < -0.4 is 11.0 Å². The first kappa shape index (κ1) is 89.0. The Morgan fingerprint density at radius 1 is 0.391 bits per heavy atom. The quantitative estimate of drug-likeness (QED) is 0.0206. The summed E-state index contributed by atoms with van der Waals surface area (Å²) in [6, 6.07) is 58.8. The first-order valence-corrected chi connectivity index (χ1v) is 36.8. The second-order valence-corrected chi connectivity index (χ2v) is 28.8. The van der Waals surface area contributed by atoms with Gasteiger partial charge in [-0.05, 0) is 137 Å². The molecule has 24 nitrogen and oxygen atoms in total. The van der Waals surface area contributed by atoms with E-state index in [9.17, 15) is 45.3 Å². The monoisotopic (exact) mass is 1660 g/mol. The molecule has 0 aliphatic heterocycles. The van der Waals surface area contributed by atoms with Crippen LogP contribution in [0.1, 0.15) is 123 Å². The van der Waals surface area contributed by atoms with E-state index in [1.807, 2.05) is 102 Å². The van der Waals surface area contributed by atoms with Crippen molar-refractivity contribution in [1.82, 2.24) is 43.6 Å². The summed E-state index contributed by atoms with van der Waals surface area (Å²) >= 11 is 24.4. The molecule has 0 bridgehead atoms. The van der Waals surface area contributed by atoms with Crippen molar-refractivity contribution < 1.29 is 64.5 Å². The fourth-order valence-corrected chi connectivity index (χ4v) is 15.7. The van der Waals surface area contributed by atoms with Gasteiger partial charge < -0.3 is 58.9 Å². The number of hydrogen-bond acceptors (Lipinski definition) is 21. The smallest absolute Gasteiger partial charge is 0.338 e. The second-order valence-electron chi connectivity index (χ2n) is 27.1. The summed E-state index contributed by atoms with van der Waals surface area (Å²) < 4.78 is 17.6. The van der Waals surface area contributed by atoms with Crippen molar-refractivity contribution >= 4 is 115 Å². The molecule has 0 amide bonds. The zero-order chi connectivity index (χ0) is 76.9. The van der Waals surface area contributed by atoms with Gasteiger partial charge in [0.2, 0.25) is 0 Å². The molecular formula is C86H92Cl5N11O13. The van der Waals surface area contributed by atoms with E-state index in [-0.39, 0.29) is 42.1 Å². The van der Waals surface area contributed by atoms with E-state index in [2.05, 4.69) is 40.9 Å². The molecule has 3 saturated carbocycles. The van der Waals surface area contributed by atoms with E-state index in [0.29, 0.717) is 107 Å².